The van der Waals surface area contributed by atoms with Crippen LogP contribution in [0.4, 0.5) is 4.79 Å². The predicted octanol–water partition coefficient (Wildman–Crippen LogP) is 2.39. The molecule has 0 saturated carbocycles. The summed E-state index contributed by atoms with van der Waals surface area (Å²) in [6, 6.07) is 0.678. The van der Waals surface area contributed by atoms with Crippen molar-refractivity contribution in [3.8, 4) is 0 Å². The monoisotopic (exact) mass is 333 g/mol. The fourth-order valence-electron chi connectivity index (χ4n) is 3.97. The lowest BCUT2D eigenvalue weighted by Gasteiger charge is -2.37. The van der Waals surface area contributed by atoms with E-state index < -0.39 is 0 Å². The molecule has 3 heterocycles. The number of nitrogens with zero attached hydrogens (tertiary/aromatic N) is 4. The average molecular weight is 333 g/mol. The lowest BCUT2D eigenvalue weighted by atomic mass is 10.0. The largest absolute Gasteiger partial charge is 0.336 e. The number of hydrogen-bond donors (Lipinski definition) is 1. The van der Waals surface area contributed by atoms with Gasteiger partial charge in [-0.25, -0.2) is 9.78 Å². The van der Waals surface area contributed by atoms with Crippen LogP contribution in [0, 0.1) is 5.92 Å². The number of aromatic nitrogens is 2. The SMILES string of the molecule is CC(C)C(NC(=O)N1CCC(N2CCCC2)CC1)c1nccn1C. The molecule has 6 nitrogen and oxygen atoms in total. The van der Waals surface area contributed by atoms with Crippen LogP contribution in [0.15, 0.2) is 12.4 Å². The third-order valence-electron chi connectivity index (χ3n) is 5.49. The molecule has 2 saturated heterocycles. The normalized spacial score (nSPS) is 21.4. The molecule has 3 rings (SSSR count). The zero-order valence-electron chi connectivity index (χ0n) is 15.2. The summed E-state index contributed by atoms with van der Waals surface area (Å²) in [5.41, 5.74) is 0. The van der Waals surface area contributed by atoms with Crippen LogP contribution in [0.3, 0.4) is 0 Å². The molecule has 2 aliphatic rings. The van der Waals surface area contributed by atoms with Crippen molar-refractivity contribution in [2.75, 3.05) is 26.2 Å². The number of carbonyl (C=O) groups excluding carboxylic acids is 1. The Hall–Kier alpha value is -1.56. The van der Waals surface area contributed by atoms with Gasteiger partial charge in [-0.05, 0) is 44.7 Å². The maximum atomic E-state index is 12.7. The summed E-state index contributed by atoms with van der Waals surface area (Å²) < 4.78 is 1.99. The second-order valence-electron chi connectivity index (χ2n) is 7.53. The first kappa shape index (κ1) is 17.3. The Morgan fingerprint density at radius 2 is 1.88 bits per heavy atom. The predicted molar refractivity (Wildman–Crippen MR) is 94.7 cm³/mol. The van der Waals surface area contributed by atoms with Crippen molar-refractivity contribution < 1.29 is 4.79 Å². The molecule has 1 unspecified atom stereocenters. The van der Waals surface area contributed by atoms with Gasteiger partial charge in [0.05, 0.1) is 6.04 Å². The minimum Gasteiger partial charge on any atom is -0.336 e. The van der Waals surface area contributed by atoms with Gasteiger partial charge in [0.2, 0.25) is 0 Å². The summed E-state index contributed by atoms with van der Waals surface area (Å²) in [6.07, 6.45) is 8.59. The molecule has 1 atom stereocenters. The van der Waals surface area contributed by atoms with Crippen LogP contribution in [0.1, 0.15) is 51.4 Å². The van der Waals surface area contributed by atoms with Crippen molar-refractivity contribution in [2.45, 2.75) is 51.6 Å². The first-order valence-electron chi connectivity index (χ1n) is 9.33. The number of imidazole rings is 1. The van der Waals surface area contributed by atoms with E-state index in [-0.39, 0.29) is 12.1 Å². The Morgan fingerprint density at radius 1 is 1.21 bits per heavy atom. The zero-order valence-corrected chi connectivity index (χ0v) is 15.2. The van der Waals surface area contributed by atoms with Crippen LogP contribution in [0.2, 0.25) is 0 Å². The molecule has 0 radical (unpaired) electrons. The topological polar surface area (TPSA) is 53.4 Å². The fourth-order valence-corrected chi connectivity index (χ4v) is 3.97. The molecule has 1 aromatic rings. The molecule has 1 aromatic heterocycles. The summed E-state index contributed by atoms with van der Waals surface area (Å²) >= 11 is 0. The highest BCUT2D eigenvalue weighted by atomic mass is 16.2. The molecule has 2 fully saturated rings. The Balaban J connectivity index is 1.55. The van der Waals surface area contributed by atoms with Crippen molar-refractivity contribution in [1.29, 1.82) is 0 Å². The van der Waals surface area contributed by atoms with Gasteiger partial charge in [-0.1, -0.05) is 13.8 Å². The highest BCUT2D eigenvalue weighted by molar-refractivity contribution is 5.74. The van der Waals surface area contributed by atoms with Gasteiger partial charge in [0.1, 0.15) is 5.82 Å². The second-order valence-corrected chi connectivity index (χ2v) is 7.53. The van der Waals surface area contributed by atoms with Gasteiger partial charge in [-0.2, -0.15) is 0 Å². The molecule has 2 amide bonds. The average Bonchev–Trinajstić information content (AvgIpc) is 3.24. The first-order chi connectivity index (χ1) is 11.6. The zero-order chi connectivity index (χ0) is 17.1. The molecule has 24 heavy (non-hydrogen) atoms. The molecule has 0 bridgehead atoms. The summed E-state index contributed by atoms with van der Waals surface area (Å²) in [6.45, 7) is 8.45. The van der Waals surface area contributed by atoms with Crippen LogP contribution in [-0.4, -0.2) is 57.6 Å². The maximum absolute atomic E-state index is 12.7. The third-order valence-corrected chi connectivity index (χ3v) is 5.49. The van der Waals surface area contributed by atoms with E-state index in [9.17, 15) is 4.79 Å². The van der Waals surface area contributed by atoms with Crippen molar-refractivity contribution in [1.82, 2.24) is 24.7 Å². The van der Waals surface area contributed by atoms with Gasteiger partial charge in [-0.3, -0.25) is 0 Å². The van der Waals surface area contributed by atoms with Crippen LogP contribution in [-0.2, 0) is 7.05 Å². The molecule has 0 aliphatic carbocycles. The molecule has 134 valence electrons. The first-order valence-corrected chi connectivity index (χ1v) is 9.33. The number of urea groups is 1. The van der Waals surface area contributed by atoms with E-state index in [0.29, 0.717) is 12.0 Å². The van der Waals surface area contributed by atoms with Gasteiger partial charge < -0.3 is 19.7 Å². The summed E-state index contributed by atoms with van der Waals surface area (Å²) in [5.74, 6) is 1.22. The van der Waals surface area contributed by atoms with Crippen LogP contribution in [0.25, 0.3) is 0 Å². The van der Waals surface area contributed by atoms with E-state index in [2.05, 4.69) is 29.0 Å². The van der Waals surface area contributed by atoms with Crippen molar-refractivity contribution in [3.63, 3.8) is 0 Å². The van der Waals surface area contributed by atoms with E-state index in [1.807, 2.05) is 22.7 Å². The van der Waals surface area contributed by atoms with Crippen molar-refractivity contribution in [3.05, 3.63) is 18.2 Å². The lowest BCUT2D eigenvalue weighted by molar-refractivity contribution is 0.130. The van der Waals surface area contributed by atoms with Crippen molar-refractivity contribution >= 4 is 6.03 Å². The Labute approximate surface area is 145 Å². The van der Waals surface area contributed by atoms with Crippen LogP contribution in [0.5, 0.6) is 0 Å². The number of piperidine rings is 1. The smallest absolute Gasteiger partial charge is 0.317 e. The number of carbonyl (C=O) groups is 1. The van der Waals surface area contributed by atoms with Gasteiger partial charge in [0.15, 0.2) is 0 Å². The Bertz CT molecular complexity index is 541. The highest BCUT2D eigenvalue weighted by Crippen LogP contribution is 2.23. The van der Waals surface area contributed by atoms with E-state index in [4.69, 9.17) is 0 Å². The Kier molecular flexibility index (Phi) is 5.43. The van der Waals surface area contributed by atoms with Gasteiger partial charge in [0.25, 0.3) is 0 Å². The molecular weight excluding hydrogens is 302 g/mol. The van der Waals surface area contributed by atoms with E-state index in [1.54, 1.807) is 6.20 Å². The minimum atomic E-state index is -0.0474. The minimum absolute atomic E-state index is 0.0474. The number of nitrogens with one attached hydrogen (secondary N) is 1. The molecule has 6 heteroatoms. The quantitative estimate of drug-likeness (QED) is 0.920. The number of likely N-dealkylation sites (tertiary alicyclic amines) is 2. The van der Waals surface area contributed by atoms with Crippen LogP contribution < -0.4 is 5.32 Å². The third kappa shape index (κ3) is 3.74. The molecule has 1 N–H and O–H groups in total. The van der Waals surface area contributed by atoms with Gasteiger partial charge >= 0.3 is 6.03 Å². The maximum Gasteiger partial charge on any atom is 0.317 e. The van der Waals surface area contributed by atoms with Crippen molar-refractivity contribution in [2.24, 2.45) is 13.0 Å². The van der Waals surface area contributed by atoms with Gasteiger partial charge in [-0.15, -0.1) is 0 Å². The van der Waals surface area contributed by atoms with E-state index in [1.165, 1.54) is 25.9 Å². The van der Waals surface area contributed by atoms with Crippen LogP contribution >= 0.6 is 0 Å². The molecular formula is C18H31N5O. The number of hydrogen-bond acceptors (Lipinski definition) is 3. The standard InChI is InChI=1S/C18H31N5O/c1-14(2)16(17-19-8-13-21(17)3)20-18(24)23-11-6-15(7-12-23)22-9-4-5-10-22/h8,13-16H,4-7,9-12H2,1-3H3,(H,20,24). The summed E-state index contributed by atoms with van der Waals surface area (Å²) in [7, 11) is 1.98. The summed E-state index contributed by atoms with van der Waals surface area (Å²) in [5, 5.41) is 3.20. The fraction of sp³-hybridized carbons (Fsp3) is 0.778. The molecule has 0 spiro atoms. The molecule has 2 aliphatic heterocycles. The number of rotatable bonds is 4. The highest BCUT2D eigenvalue weighted by Gasteiger charge is 2.30. The molecule has 0 aromatic carbocycles. The van der Waals surface area contributed by atoms with E-state index in [0.717, 1.165) is 31.8 Å². The van der Waals surface area contributed by atoms with Gasteiger partial charge in [0, 0.05) is 38.6 Å². The lowest BCUT2D eigenvalue weighted by Crippen LogP contribution is -2.50. The number of amides is 2. The second kappa shape index (κ2) is 7.55. The van der Waals surface area contributed by atoms with E-state index >= 15 is 0 Å². The number of aryl methyl sites for hydroxylation is 1. The summed E-state index contributed by atoms with van der Waals surface area (Å²) in [4.78, 5) is 21.7. The Morgan fingerprint density at radius 3 is 2.42 bits per heavy atom.